The van der Waals surface area contributed by atoms with Gasteiger partial charge in [-0.15, -0.1) is 10.2 Å². The van der Waals surface area contributed by atoms with Gasteiger partial charge >= 0.3 is 0 Å². The fourth-order valence-corrected chi connectivity index (χ4v) is 3.79. The van der Waals surface area contributed by atoms with Crippen LogP contribution in [0, 0.1) is 0 Å². The molecule has 7 nitrogen and oxygen atoms in total. The highest BCUT2D eigenvalue weighted by Crippen LogP contribution is 2.26. The van der Waals surface area contributed by atoms with E-state index < -0.39 is 0 Å². The molecular formula is C15H21N5O2S. The third-order valence-corrected chi connectivity index (χ3v) is 5.14. The Bertz CT molecular complexity index is 659. The summed E-state index contributed by atoms with van der Waals surface area (Å²) in [5.74, 6) is 7.43. The van der Waals surface area contributed by atoms with Crippen LogP contribution in [0.4, 0.5) is 0 Å². The molecule has 0 aromatic carbocycles. The molecule has 2 N–H and O–H groups in total. The highest BCUT2D eigenvalue weighted by atomic mass is 32.2. The van der Waals surface area contributed by atoms with Crippen LogP contribution in [0.1, 0.15) is 33.1 Å². The highest BCUT2D eigenvalue weighted by molar-refractivity contribution is 7.99. The number of nitrogens with zero attached hydrogens (tertiary/aromatic N) is 4. The zero-order chi connectivity index (χ0) is 16.4. The molecule has 0 bridgehead atoms. The fraction of sp³-hybridized carbons (Fsp3) is 0.533. The number of carbonyl (C=O) groups is 1. The van der Waals surface area contributed by atoms with Crippen molar-refractivity contribution in [2.24, 2.45) is 0 Å². The summed E-state index contributed by atoms with van der Waals surface area (Å²) in [4.78, 5) is 14.5. The Morgan fingerprint density at radius 1 is 1.39 bits per heavy atom. The van der Waals surface area contributed by atoms with Crippen molar-refractivity contribution in [3.05, 3.63) is 18.4 Å². The second-order valence-corrected chi connectivity index (χ2v) is 6.81. The summed E-state index contributed by atoms with van der Waals surface area (Å²) in [5.41, 5.74) is 0. The number of piperidine rings is 1. The Balaban J connectivity index is 1.65. The topological polar surface area (TPSA) is 90.2 Å². The third-order valence-electron chi connectivity index (χ3n) is 4.21. The number of furan rings is 1. The van der Waals surface area contributed by atoms with Gasteiger partial charge in [-0.05, 0) is 45.2 Å². The maximum atomic E-state index is 12.5. The molecule has 0 unspecified atom stereocenters. The van der Waals surface area contributed by atoms with Crippen LogP contribution in [-0.2, 0) is 4.79 Å². The number of hydrogen-bond acceptors (Lipinski definition) is 6. The molecule has 0 spiro atoms. The van der Waals surface area contributed by atoms with Crippen LogP contribution in [0.15, 0.2) is 28.0 Å². The molecule has 1 saturated heterocycles. The average molecular weight is 335 g/mol. The molecule has 2 atom stereocenters. The fourth-order valence-electron chi connectivity index (χ4n) is 3.06. The molecule has 3 heterocycles. The molecule has 0 radical (unpaired) electrons. The predicted molar refractivity (Wildman–Crippen MR) is 88.2 cm³/mol. The Morgan fingerprint density at radius 2 is 2.13 bits per heavy atom. The first kappa shape index (κ1) is 15.9. The van der Waals surface area contributed by atoms with Crippen molar-refractivity contribution >= 4 is 17.7 Å². The number of thioether (sulfide) groups is 1. The number of aromatic nitrogens is 3. The summed E-state index contributed by atoms with van der Waals surface area (Å²) in [7, 11) is 0. The van der Waals surface area contributed by atoms with E-state index in [1.165, 1.54) is 22.9 Å². The van der Waals surface area contributed by atoms with Crippen LogP contribution in [0.5, 0.6) is 0 Å². The molecule has 124 valence electrons. The maximum absolute atomic E-state index is 12.5. The lowest BCUT2D eigenvalue weighted by molar-refractivity contribution is -0.134. The van der Waals surface area contributed by atoms with Crippen molar-refractivity contribution in [1.82, 2.24) is 19.8 Å². The lowest BCUT2D eigenvalue weighted by atomic mass is 9.98. The van der Waals surface area contributed by atoms with Gasteiger partial charge in [-0.2, -0.15) is 0 Å². The molecule has 1 amide bonds. The van der Waals surface area contributed by atoms with E-state index in [1.807, 2.05) is 4.90 Å². The molecule has 0 aliphatic carbocycles. The van der Waals surface area contributed by atoms with Crippen LogP contribution in [0.25, 0.3) is 11.6 Å². The van der Waals surface area contributed by atoms with Crippen LogP contribution >= 0.6 is 11.8 Å². The van der Waals surface area contributed by atoms with Gasteiger partial charge in [0, 0.05) is 12.1 Å². The third kappa shape index (κ3) is 3.21. The van der Waals surface area contributed by atoms with Crippen molar-refractivity contribution in [3.63, 3.8) is 0 Å². The number of likely N-dealkylation sites (tertiary alicyclic amines) is 1. The van der Waals surface area contributed by atoms with Gasteiger partial charge in [-0.1, -0.05) is 11.8 Å². The molecule has 1 fully saturated rings. The molecule has 0 saturated carbocycles. The number of carbonyl (C=O) groups excluding carboxylic acids is 1. The minimum Gasteiger partial charge on any atom is -0.461 e. The summed E-state index contributed by atoms with van der Waals surface area (Å²) in [6.07, 6.45) is 4.87. The van der Waals surface area contributed by atoms with Gasteiger partial charge in [0.15, 0.2) is 5.76 Å². The molecule has 23 heavy (non-hydrogen) atoms. The van der Waals surface area contributed by atoms with E-state index in [-0.39, 0.29) is 5.91 Å². The molecule has 2 aromatic heterocycles. The quantitative estimate of drug-likeness (QED) is 0.680. The van der Waals surface area contributed by atoms with E-state index in [9.17, 15) is 4.79 Å². The second-order valence-electron chi connectivity index (χ2n) is 5.87. The number of nitrogens with two attached hydrogens (primary N) is 1. The Morgan fingerprint density at radius 3 is 2.78 bits per heavy atom. The summed E-state index contributed by atoms with van der Waals surface area (Å²) in [5, 5.41) is 8.58. The van der Waals surface area contributed by atoms with E-state index >= 15 is 0 Å². The van der Waals surface area contributed by atoms with Crippen molar-refractivity contribution in [1.29, 1.82) is 0 Å². The Hall–Kier alpha value is -1.96. The van der Waals surface area contributed by atoms with Gasteiger partial charge in [0.2, 0.25) is 16.9 Å². The Kier molecular flexibility index (Phi) is 4.61. The molecule has 2 aromatic rings. The SMILES string of the molecule is C[C@H]1CCC[C@H](C)N1C(=O)CSc1nnc(-c2ccco2)n1N. The van der Waals surface area contributed by atoms with E-state index in [1.54, 1.807) is 18.4 Å². The lowest BCUT2D eigenvalue weighted by Crippen LogP contribution is -2.48. The maximum Gasteiger partial charge on any atom is 0.233 e. The van der Waals surface area contributed by atoms with Gasteiger partial charge < -0.3 is 15.2 Å². The van der Waals surface area contributed by atoms with E-state index in [2.05, 4.69) is 24.0 Å². The van der Waals surface area contributed by atoms with E-state index in [0.717, 1.165) is 12.8 Å². The van der Waals surface area contributed by atoms with Gasteiger partial charge in [-0.25, -0.2) is 4.68 Å². The number of hydrogen-bond donors (Lipinski definition) is 1. The van der Waals surface area contributed by atoms with Gasteiger partial charge in [0.1, 0.15) is 0 Å². The van der Waals surface area contributed by atoms with Crippen molar-refractivity contribution in [2.75, 3.05) is 11.6 Å². The minimum absolute atomic E-state index is 0.122. The molecular weight excluding hydrogens is 314 g/mol. The van der Waals surface area contributed by atoms with Crippen LogP contribution in [0.3, 0.4) is 0 Å². The van der Waals surface area contributed by atoms with Crippen LogP contribution in [0.2, 0.25) is 0 Å². The average Bonchev–Trinajstić information content (AvgIpc) is 3.14. The van der Waals surface area contributed by atoms with Crippen LogP contribution in [-0.4, -0.2) is 43.5 Å². The number of rotatable bonds is 4. The summed E-state index contributed by atoms with van der Waals surface area (Å²) in [6.45, 7) is 4.22. The van der Waals surface area contributed by atoms with E-state index in [0.29, 0.717) is 34.6 Å². The highest BCUT2D eigenvalue weighted by Gasteiger charge is 2.29. The molecule has 8 heteroatoms. The van der Waals surface area contributed by atoms with E-state index in [4.69, 9.17) is 10.3 Å². The first-order chi connectivity index (χ1) is 11.1. The zero-order valence-electron chi connectivity index (χ0n) is 13.3. The summed E-state index contributed by atoms with van der Waals surface area (Å²) in [6, 6.07) is 4.12. The standard InChI is InChI=1S/C15H21N5O2S/c1-10-5-3-6-11(2)19(10)13(21)9-23-15-18-17-14(20(15)16)12-7-4-8-22-12/h4,7-8,10-11H,3,5-6,9,16H2,1-2H3/t10-,11-/m0/s1. The number of amides is 1. The lowest BCUT2D eigenvalue weighted by Gasteiger charge is -2.39. The van der Waals surface area contributed by atoms with Crippen molar-refractivity contribution in [3.8, 4) is 11.6 Å². The zero-order valence-corrected chi connectivity index (χ0v) is 14.1. The van der Waals surface area contributed by atoms with Crippen molar-refractivity contribution < 1.29 is 9.21 Å². The summed E-state index contributed by atoms with van der Waals surface area (Å²) < 4.78 is 6.64. The monoisotopic (exact) mass is 335 g/mol. The predicted octanol–water partition coefficient (Wildman–Crippen LogP) is 2.13. The number of nitrogen functional groups attached to an aromatic ring is 1. The van der Waals surface area contributed by atoms with Crippen molar-refractivity contribution in [2.45, 2.75) is 50.4 Å². The summed E-state index contributed by atoms with van der Waals surface area (Å²) >= 11 is 1.30. The van der Waals surface area contributed by atoms with Gasteiger partial charge in [-0.3, -0.25) is 4.79 Å². The molecule has 1 aliphatic rings. The minimum atomic E-state index is 0.122. The molecule has 1 aliphatic heterocycles. The molecule has 3 rings (SSSR count). The smallest absolute Gasteiger partial charge is 0.233 e. The van der Waals surface area contributed by atoms with Gasteiger partial charge in [0.25, 0.3) is 0 Å². The van der Waals surface area contributed by atoms with Gasteiger partial charge in [0.05, 0.1) is 12.0 Å². The normalized spacial score (nSPS) is 21.6. The first-order valence-corrected chi connectivity index (χ1v) is 8.75. The Labute approximate surface area is 139 Å². The second kappa shape index (κ2) is 6.66. The first-order valence-electron chi connectivity index (χ1n) is 7.76. The largest absolute Gasteiger partial charge is 0.461 e. The van der Waals surface area contributed by atoms with Crippen LogP contribution < -0.4 is 5.84 Å².